The van der Waals surface area contributed by atoms with Gasteiger partial charge in [0.2, 0.25) is 0 Å². The summed E-state index contributed by atoms with van der Waals surface area (Å²) in [7, 11) is 1.55. The van der Waals surface area contributed by atoms with Gasteiger partial charge in [0.1, 0.15) is 11.7 Å². The van der Waals surface area contributed by atoms with Crippen LogP contribution in [0.15, 0.2) is 23.2 Å². The first kappa shape index (κ1) is 9.41. The van der Waals surface area contributed by atoms with Gasteiger partial charge in [0, 0.05) is 17.8 Å². The molecule has 1 heterocycles. The Morgan fingerprint density at radius 2 is 2.33 bits per heavy atom. The van der Waals surface area contributed by atoms with Gasteiger partial charge in [-0.1, -0.05) is 0 Å². The number of hydrogen-bond acceptors (Lipinski definition) is 4. The molecule has 2 rings (SSSR count). The van der Waals surface area contributed by atoms with Crippen molar-refractivity contribution >= 4 is 17.7 Å². The normalized spacial score (nSPS) is 18.1. The Morgan fingerprint density at radius 1 is 1.53 bits per heavy atom. The monoisotopic (exact) mass is 200 g/mol. The number of fused-ring (bicyclic) bond motifs is 1. The third kappa shape index (κ3) is 1.48. The number of ether oxygens (including phenoxy) is 1. The van der Waals surface area contributed by atoms with Gasteiger partial charge in [0.15, 0.2) is 5.78 Å². The molecule has 1 unspecified atom stereocenters. The lowest BCUT2D eigenvalue weighted by Gasteiger charge is -2.12. The zero-order valence-electron chi connectivity index (χ0n) is 8.10. The third-order valence-electron chi connectivity index (χ3n) is 2.25. The standard InChI is InChI=1S/C11H8N2O2/c1-15-8-2-3-9-10(4-8)13-6-7(5-12)11(9)14/h2-4,6-7H,1H3. The zero-order valence-corrected chi connectivity index (χ0v) is 8.10. The second-order valence-electron chi connectivity index (χ2n) is 3.13. The first-order chi connectivity index (χ1) is 7.26. The van der Waals surface area contributed by atoms with Crippen LogP contribution >= 0.6 is 0 Å². The first-order valence-corrected chi connectivity index (χ1v) is 4.42. The van der Waals surface area contributed by atoms with Crippen LogP contribution in [0.3, 0.4) is 0 Å². The van der Waals surface area contributed by atoms with Crippen molar-refractivity contribution in [1.29, 1.82) is 5.26 Å². The zero-order chi connectivity index (χ0) is 10.8. The largest absolute Gasteiger partial charge is 0.497 e. The lowest BCUT2D eigenvalue weighted by Crippen LogP contribution is -2.17. The van der Waals surface area contributed by atoms with Crippen LogP contribution in [-0.4, -0.2) is 19.1 Å². The van der Waals surface area contributed by atoms with Crippen LogP contribution in [0.1, 0.15) is 10.4 Å². The van der Waals surface area contributed by atoms with Gasteiger partial charge >= 0.3 is 0 Å². The molecule has 0 N–H and O–H groups in total. The number of hydrogen-bond donors (Lipinski definition) is 0. The average molecular weight is 200 g/mol. The maximum absolute atomic E-state index is 11.7. The molecule has 1 atom stereocenters. The molecule has 0 amide bonds. The fourth-order valence-corrected chi connectivity index (χ4v) is 1.44. The van der Waals surface area contributed by atoms with Crippen molar-refractivity contribution < 1.29 is 9.53 Å². The van der Waals surface area contributed by atoms with Crippen molar-refractivity contribution in [3.8, 4) is 11.8 Å². The van der Waals surface area contributed by atoms with E-state index in [4.69, 9.17) is 10.00 Å². The number of rotatable bonds is 1. The van der Waals surface area contributed by atoms with Crippen molar-refractivity contribution in [2.45, 2.75) is 0 Å². The number of carbonyl (C=O) groups is 1. The summed E-state index contributed by atoms with van der Waals surface area (Å²) >= 11 is 0. The van der Waals surface area contributed by atoms with Gasteiger partial charge in [-0.05, 0) is 12.1 Å². The predicted octanol–water partition coefficient (Wildman–Crippen LogP) is 1.73. The number of nitrogens with zero attached hydrogens (tertiary/aromatic N) is 2. The molecule has 0 aromatic heterocycles. The Balaban J connectivity index is 2.50. The van der Waals surface area contributed by atoms with E-state index in [1.165, 1.54) is 6.21 Å². The minimum absolute atomic E-state index is 0.204. The van der Waals surface area contributed by atoms with Gasteiger partial charge in [0.25, 0.3) is 0 Å². The van der Waals surface area contributed by atoms with Crippen LogP contribution in [0.5, 0.6) is 5.75 Å². The molecule has 0 bridgehead atoms. The third-order valence-corrected chi connectivity index (χ3v) is 2.25. The molecule has 0 radical (unpaired) electrons. The summed E-state index contributed by atoms with van der Waals surface area (Å²) in [4.78, 5) is 15.7. The number of carbonyl (C=O) groups excluding carboxylic acids is 1. The highest BCUT2D eigenvalue weighted by Crippen LogP contribution is 2.29. The van der Waals surface area contributed by atoms with Crippen molar-refractivity contribution in [3.63, 3.8) is 0 Å². The second kappa shape index (κ2) is 3.54. The van der Waals surface area contributed by atoms with Crippen LogP contribution < -0.4 is 4.74 Å². The van der Waals surface area contributed by atoms with E-state index in [9.17, 15) is 4.79 Å². The number of benzene rings is 1. The fourth-order valence-electron chi connectivity index (χ4n) is 1.44. The van der Waals surface area contributed by atoms with E-state index < -0.39 is 5.92 Å². The van der Waals surface area contributed by atoms with Crippen LogP contribution in [0, 0.1) is 17.2 Å². The van der Waals surface area contributed by atoms with Crippen molar-refractivity contribution in [3.05, 3.63) is 23.8 Å². The molecule has 0 aliphatic carbocycles. The highest BCUT2D eigenvalue weighted by molar-refractivity contribution is 6.13. The highest BCUT2D eigenvalue weighted by Gasteiger charge is 2.24. The Kier molecular flexibility index (Phi) is 2.22. The molecule has 0 saturated carbocycles. The maximum Gasteiger partial charge on any atom is 0.187 e. The molecular formula is C11H8N2O2. The Morgan fingerprint density at radius 3 is 3.00 bits per heavy atom. The van der Waals surface area contributed by atoms with Crippen molar-refractivity contribution in [2.75, 3.05) is 7.11 Å². The van der Waals surface area contributed by atoms with E-state index >= 15 is 0 Å². The summed E-state index contributed by atoms with van der Waals surface area (Å²) < 4.78 is 5.02. The summed E-state index contributed by atoms with van der Waals surface area (Å²) in [6.07, 6.45) is 1.37. The lowest BCUT2D eigenvalue weighted by molar-refractivity contribution is 0.0975. The van der Waals surface area contributed by atoms with E-state index in [1.54, 1.807) is 25.3 Å². The van der Waals surface area contributed by atoms with Gasteiger partial charge < -0.3 is 4.74 Å². The minimum atomic E-state index is -0.758. The average Bonchev–Trinajstić information content (AvgIpc) is 2.29. The van der Waals surface area contributed by atoms with Gasteiger partial charge in [0.05, 0.1) is 18.9 Å². The number of nitriles is 1. The maximum atomic E-state index is 11.7. The van der Waals surface area contributed by atoms with Crippen LogP contribution in [0.25, 0.3) is 0 Å². The first-order valence-electron chi connectivity index (χ1n) is 4.42. The molecule has 1 aliphatic heterocycles. The molecule has 0 fully saturated rings. The molecular weight excluding hydrogens is 192 g/mol. The Bertz CT molecular complexity index is 486. The van der Waals surface area contributed by atoms with Gasteiger partial charge in [-0.15, -0.1) is 0 Å². The van der Waals surface area contributed by atoms with E-state index in [-0.39, 0.29) is 5.78 Å². The SMILES string of the molecule is COc1ccc2c(c1)N=CC(C#N)C2=O. The number of ketones is 1. The summed E-state index contributed by atoms with van der Waals surface area (Å²) in [5, 5.41) is 8.70. The highest BCUT2D eigenvalue weighted by atomic mass is 16.5. The molecule has 1 aromatic carbocycles. The molecule has 74 valence electrons. The van der Waals surface area contributed by atoms with E-state index in [2.05, 4.69) is 4.99 Å². The number of methoxy groups -OCH3 is 1. The van der Waals surface area contributed by atoms with Crippen LogP contribution in [-0.2, 0) is 0 Å². The number of aliphatic imine (C=N–C) groups is 1. The predicted molar refractivity (Wildman–Crippen MR) is 54.6 cm³/mol. The van der Waals surface area contributed by atoms with E-state index in [1.807, 2.05) is 6.07 Å². The molecule has 4 heteroatoms. The molecule has 0 spiro atoms. The quantitative estimate of drug-likeness (QED) is 0.693. The Labute approximate surface area is 86.8 Å². The summed E-state index contributed by atoms with van der Waals surface area (Å²) in [5.41, 5.74) is 1.04. The molecule has 0 saturated heterocycles. The van der Waals surface area contributed by atoms with Crippen molar-refractivity contribution in [2.24, 2.45) is 10.9 Å². The van der Waals surface area contributed by atoms with E-state index in [0.717, 1.165) is 0 Å². The summed E-state index contributed by atoms with van der Waals surface area (Å²) in [6.45, 7) is 0. The molecule has 4 nitrogen and oxygen atoms in total. The van der Waals surface area contributed by atoms with E-state index in [0.29, 0.717) is 17.0 Å². The molecule has 1 aromatic rings. The van der Waals surface area contributed by atoms with Gasteiger partial charge in [-0.2, -0.15) is 5.26 Å². The Hall–Kier alpha value is -2.15. The smallest absolute Gasteiger partial charge is 0.187 e. The van der Waals surface area contributed by atoms with Gasteiger partial charge in [-0.3, -0.25) is 9.79 Å². The van der Waals surface area contributed by atoms with Crippen LogP contribution in [0.2, 0.25) is 0 Å². The second-order valence-corrected chi connectivity index (χ2v) is 3.13. The fraction of sp³-hybridized carbons (Fsp3) is 0.182. The molecule has 1 aliphatic rings. The topological polar surface area (TPSA) is 62.4 Å². The number of Topliss-reactive ketones (excluding diaryl/α,β-unsaturated/α-hetero) is 1. The lowest BCUT2D eigenvalue weighted by atomic mass is 9.96. The molecule has 15 heavy (non-hydrogen) atoms. The van der Waals surface area contributed by atoms with Gasteiger partial charge in [-0.25, -0.2) is 0 Å². The van der Waals surface area contributed by atoms with Crippen LogP contribution in [0.4, 0.5) is 5.69 Å². The minimum Gasteiger partial charge on any atom is -0.497 e. The van der Waals surface area contributed by atoms with Crippen molar-refractivity contribution in [1.82, 2.24) is 0 Å². The summed E-state index contributed by atoms with van der Waals surface area (Å²) in [6, 6.07) is 6.89. The summed E-state index contributed by atoms with van der Waals surface area (Å²) in [5.74, 6) is -0.315.